The van der Waals surface area contributed by atoms with Gasteiger partial charge >= 0.3 is 0 Å². The Morgan fingerprint density at radius 3 is 2.34 bits per heavy atom. The molecule has 2 aromatic carbocycles. The third-order valence-electron chi connectivity index (χ3n) is 5.36. The van der Waals surface area contributed by atoms with Crippen molar-refractivity contribution in [1.29, 1.82) is 0 Å². The Morgan fingerprint density at radius 2 is 1.72 bits per heavy atom. The number of sulfonamides is 1. The molecule has 0 saturated carbocycles. The maximum Gasteiger partial charge on any atom is 0.270 e. The molecule has 2 heterocycles. The molecule has 1 fully saturated rings. The van der Waals surface area contributed by atoms with Crippen molar-refractivity contribution in [3.63, 3.8) is 0 Å². The Hall–Kier alpha value is -3.57. The van der Waals surface area contributed by atoms with Gasteiger partial charge in [-0.15, -0.1) is 0 Å². The van der Waals surface area contributed by atoms with E-state index in [2.05, 4.69) is 5.10 Å². The van der Waals surface area contributed by atoms with E-state index in [1.807, 2.05) is 30.3 Å². The zero-order chi connectivity index (χ0) is 22.7. The fraction of sp³-hybridized carbons (Fsp3) is 0.238. The molecular weight excluding hydrogens is 434 g/mol. The highest BCUT2D eigenvalue weighted by Crippen LogP contribution is 2.24. The van der Waals surface area contributed by atoms with Crippen LogP contribution in [-0.4, -0.2) is 64.4 Å². The molecule has 1 amide bonds. The van der Waals surface area contributed by atoms with Gasteiger partial charge in [0.05, 0.1) is 9.82 Å². The lowest BCUT2D eigenvalue weighted by Crippen LogP contribution is -2.52. The first-order valence-electron chi connectivity index (χ1n) is 9.95. The quantitative estimate of drug-likeness (QED) is 0.414. The van der Waals surface area contributed by atoms with Crippen molar-refractivity contribution in [3.8, 4) is 0 Å². The summed E-state index contributed by atoms with van der Waals surface area (Å²) in [5.41, 5.74) is 0.498. The minimum Gasteiger partial charge on any atom is -0.338 e. The molecule has 1 aliphatic heterocycles. The second-order valence-electron chi connectivity index (χ2n) is 7.28. The molecule has 166 valence electrons. The molecule has 11 heteroatoms. The molecule has 4 rings (SSSR count). The standard InChI is InChI=1S/C21H21N5O5S/c27-21(20(25-11-5-10-22-25)17-6-2-1-3-7-17)23-12-14-24(15-13-23)32(30,31)19-9-4-8-18(16-19)26(28)29/h1-11,16,20H,12-15H2. The second kappa shape index (κ2) is 8.89. The lowest BCUT2D eigenvalue weighted by molar-refractivity contribution is -0.385. The Morgan fingerprint density at radius 1 is 1.00 bits per heavy atom. The van der Waals surface area contributed by atoms with Gasteiger partial charge in [0.15, 0.2) is 6.04 Å². The average Bonchev–Trinajstić information content (AvgIpc) is 3.34. The van der Waals surface area contributed by atoms with Gasteiger partial charge in [-0.3, -0.25) is 19.6 Å². The van der Waals surface area contributed by atoms with E-state index in [0.717, 1.165) is 11.6 Å². The molecule has 3 aromatic rings. The van der Waals surface area contributed by atoms with Gasteiger partial charge in [0.1, 0.15) is 0 Å². The Labute approximate surface area is 184 Å². The van der Waals surface area contributed by atoms with Gasteiger partial charge in [-0.2, -0.15) is 9.40 Å². The minimum absolute atomic E-state index is 0.0946. The summed E-state index contributed by atoms with van der Waals surface area (Å²) in [5, 5.41) is 15.2. The summed E-state index contributed by atoms with van der Waals surface area (Å²) in [6.45, 7) is 0.601. The molecule has 0 spiro atoms. The van der Waals surface area contributed by atoms with Crippen LogP contribution in [0.4, 0.5) is 5.69 Å². The summed E-state index contributed by atoms with van der Waals surface area (Å²) in [4.78, 5) is 25.2. The zero-order valence-electron chi connectivity index (χ0n) is 17.0. The number of nitrogens with zero attached hydrogens (tertiary/aromatic N) is 5. The van der Waals surface area contributed by atoms with Gasteiger partial charge in [-0.1, -0.05) is 36.4 Å². The zero-order valence-corrected chi connectivity index (χ0v) is 17.8. The van der Waals surface area contributed by atoms with Crippen LogP contribution < -0.4 is 0 Å². The lowest BCUT2D eigenvalue weighted by Gasteiger charge is -2.35. The van der Waals surface area contributed by atoms with Crippen LogP contribution in [0.5, 0.6) is 0 Å². The van der Waals surface area contributed by atoms with Crippen LogP contribution in [0.3, 0.4) is 0 Å². The lowest BCUT2D eigenvalue weighted by atomic mass is 10.1. The molecule has 1 unspecified atom stereocenters. The molecule has 1 aliphatic rings. The first-order valence-corrected chi connectivity index (χ1v) is 11.4. The predicted molar refractivity (Wildman–Crippen MR) is 115 cm³/mol. The number of nitro groups is 1. The van der Waals surface area contributed by atoms with Crippen molar-refractivity contribution in [2.24, 2.45) is 0 Å². The van der Waals surface area contributed by atoms with Crippen molar-refractivity contribution < 1.29 is 18.1 Å². The van der Waals surface area contributed by atoms with E-state index in [4.69, 9.17) is 0 Å². The summed E-state index contributed by atoms with van der Waals surface area (Å²) in [7, 11) is -3.91. The molecule has 32 heavy (non-hydrogen) atoms. The first-order chi connectivity index (χ1) is 15.4. The maximum atomic E-state index is 13.4. The van der Waals surface area contributed by atoms with E-state index >= 15 is 0 Å². The number of carbonyl (C=O) groups is 1. The van der Waals surface area contributed by atoms with Gasteiger partial charge in [0.2, 0.25) is 10.0 Å². The van der Waals surface area contributed by atoms with Crippen molar-refractivity contribution >= 4 is 21.6 Å². The third-order valence-corrected chi connectivity index (χ3v) is 7.25. The number of non-ortho nitro benzene ring substituents is 1. The predicted octanol–water partition coefficient (Wildman–Crippen LogP) is 1.91. The average molecular weight is 455 g/mol. The van der Waals surface area contributed by atoms with E-state index in [1.165, 1.54) is 22.5 Å². The molecule has 10 nitrogen and oxygen atoms in total. The van der Waals surface area contributed by atoms with Crippen molar-refractivity contribution in [3.05, 3.63) is 88.7 Å². The number of amides is 1. The van der Waals surface area contributed by atoms with E-state index in [9.17, 15) is 23.3 Å². The largest absolute Gasteiger partial charge is 0.338 e. The molecule has 0 N–H and O–H groups in total. The maximum absolute atomic E-state index is 13.4. The molecule has 0 aliphatic carbocycles. The third kappa shape index (κ3) is 4.25. The monoisotopic (exact) mass is 455 g/mol. The number of hydrogen-bond acceptors (Lipinski definition) is 6. The van der Waals surface area contributed by atoms with Gasteiger partial charge in [0, 0.05) is 50.7 Å². The molecular formula is C21H21N5O5S. The molecule has 1 atom stereocenters. The number of carbonyl (C=O) groups excluding carboxylic acids is 1. The number of aromatic nitrogens is 2. The summed E-state index contributed by atoms with van der Waals surface area (Å²) in [6, 6.07) is 15.4. The molecule has 0 radical (unpaired) electrons. The van der Waals surface area contributed by atoms with Gasteiger partial charge in [0.25, 0.3) is 11.6 Å². The Balaban J connectivity index is 1.51. The van der Waals surface area contributed by atoms with Crippen LogP contribution in [-0.2, 0) is 14.8 Å². The van der Waals surface area contributed by atoms with Crippen LogP contribution >= 0.6 is 0 Å². The minimum atomic E-state index is -3.91. The Kier molecular flexibility index (Phi) is 6.01. The highest BCUT2D eigenvalue weighted by molar-refractivity contribution is 7.89. The van der Waals surface area contributed by atoms with Crippen LogP contribution in [0, 0.1) is 10.1 Å². The Bertz CT molecular complexity index is 1210. The highest BCUT2D eigenvalue weighted by Gasteiger charge is 2.34. The van der Waals surface area contributed by atoms with Gasteiger partial charge in [-0.25, -0.2) is 8.42 Å². The summed E-state index contributed by atoms with van der Waals surface area (Å²) < 4.78 is 28.8. The van der Waals surface area contributed by atoms with Gasteiger partial charge < -0.3 is 4.90 Å². The SMILES string of the molecule is O=C(C(c1ccccc1)n1cccn1)N1CCN(S(=O)(=O)c2cccc([N+](=O)[O-])c2)CC1. The number of nitro benzene ring substituents is 1. The van der Waals surface area contributed by atoms with E-state index < -0.39 is 21.0 Å². The molecule has 0 bridgehead atoms. The van der Waals surface area contributed by atoms with Crippen molar-refractivity contribution in [1.82, 2.24) is 19.0 Å². The van der Waals surface area contributed by atoms with Crippen molar-refractivity contribution in [2.75, 3.05) is 26.2 Å². The first kappa shape index (κ1) is 21.7. The second-order valence-corrected chi connectivity index (χ2v) is 9.22. The summed E-state index contributed by atoms with van der Waals surface area (Å²) in [6.07, 6.45) is 3.32. The summed E-state index contributed by atoms with van der Waals surface area (Å²) >= 11 is 0. The molecule has 1 saturated heterocycles. The number of hydrogen-bond donors (Lipinski definition) is 0. The van der Waals surface area contributed by atoms with Crippen LogP contribution in [0.15, 0.2) is 78.0 Å². The summed E-state index contributed by atoms with van der Waals surface area (Å²) in [5.74, 6) is -0.174. The number of rotatable bonds is 6. The normalized spacial score (nSPS) is 15.9. The van der Waals surface area contributed by atoms with E-state index in [0.29, 0.717) is 0 Å². The van der Waals surface area contributed by atoms with Crippen molar-refractivity contribution in [2.45, 2.75) is 10.9 Å². The fourth-order valence-corrected chi connectivity index (χ4v) is 5.17. The van der Waals surface area contributed by atoms with Gasteiger partial charge in [-0.05, 0) is 17.7 Å². The van der Waals surface area contributed by atoms with Crippen LogP contribution in [0.25, 0.3) is 0 Å². The topological polar surface area (TPSA) is 119 Å². The van der Waals surface area contributed by atoms with Crippen LogP contribution in [0.1, 0.15) is 11.6 Å². The van der Waals surface area contributed by atoms with Crippen LogP contribution in [0.2, 0.25) is 0 Å². The fourth-order valence-electron chi connectivity index (χ4n) is 3.71. The number of benzene rings is 2. The number of piperazine rings is 1. The highest BCUT2D eigenvalue weighted by atomic mass is 32.2. The smallest absolute Gasteiger partial charge is 0.270 e. The van der Waals surface area contributed by atoms with E-state index in [-0.39, 0.29) is 42.7 Å². The molecule has 1 aromatic heterocycles. The van der Waals surface area contributed by atoms with E-state index in [1.54, 1.807) is 28.0 Å².